The number of carbonyl (C=O) groups excluding carboxylic acids is 1. The smallest absolute Gasteiger partial charge is 0.276 e. The maximum Gasteiger partial charge on any atom is 0.276 e. The van der Waals surface area contributed by atoms with Crippen molar-refractivity contribution in [3.05, 3.63) is 60.4 Å². The van der Waals surface area contributed by atoms with E-state index in [2.05, 4.69) is 42.8 Å². The molecule has 0 aromatic carbocycles. The standard InChI is InChI=1S/C28H34FN11O/c1-38-11-13-39(14-12-38)26-4-2-3-24(36-26)34-22-15-25(33-19-7-5-18(30)6-8-19)37-40-23(17-32-27(22)40)28(41)35-21-9-10-31-16-20(21)29/h2-4,9-10,15-19H,5-8,11-14,30H2,1H3,(H,33,37)(H,34,36)(H,31,35,41). The summed E-state index contributed by atoms with van der Waals surface area (Å²) in [5.74, 6) is 0.953. The van der Waals surface area contributed by atoms with Crippen LogP contribution in [0.25, 0.3) is 5.65 Å². The fourth-order valence-corrected chi connectivity index (χ4v) is 5.26. The number of nitrogens with two attached hydrogens (primary N) is 1. The number of piperazine rings is 1. The molecule has 13 heteroatoms. The summed E-state index contributed by atoms with van der Waals surface area (Å²) in [4.78, 5) is 30.9. The average molecular weight is 560 g/mol. The quantitative estimate of drug-likeness (QED) is 0.267. The number of pyridine rings is 2. The van der Waals surface area contributed by atoms with Gasteiger partial charge in [-0.3, -0.25) is 9.78 Å². The molecule has 4 aromatic rings. The van der Waals surface area contributed by atoms with Gasteiger partial charge in [-0.25, -0.2) is 18.9 Å². The summed E-state index contributed by atoms with van der Waals surface area (Å²) in [6, 6.07) is 9.58. The number of imidazole rings is 1. The molecule has 5 heterocycles. The predicted molar refractivity (Wildman–Crippen MR) is 156 cm³/mol. The minimum absolute atomic E-state index is 0.0241. The van der Waals surface area contributed by atoms with Gasteiger partial charge in [0.05, 0.1) is 23.8 Å². The Kier molecular flexibility index (Phi) is 7.61. The van der Waals surface area contributed by atoms with Crippen molar-refractivity contribution in [2.45, 2.75) is 37.8 Å². The molecular formula is C28H34FN11O. The highest BCUT2D eigenvalue weighted by atomic mass is 19.1. The molecular weight excluding hydrogens is 525 g/mol. The summed E-state index contributed by atoms with van der Waals surface area (Å²) < 4.78 is 15.7. The Balaban J connectivity index is 1.32. The third-order valence-electron chi connectivity index (χ3n) is 7.67. The number of fused-ring (bicyclic) bond motifs is 1. The monoisotopic (exact) mass is 559 g/mol. The van der Waals surface area contributed by atoms with Gasteiger partial charge in [-0.1, -0.05) is 6.07 Å². The normalized spacial score (nSPS) is 19.7. The van der Waals surface area contributed by atoms with Gasteiger partial charge < -0.3 is 31.5 Å². The van der Waals surface area contributed by atoms with Crippen LogP contribution in [0, 0.1) is 5.82 Å². The predicted octanol–water partition coefficient (Wildman–Crippen LogP) is 3.09. The number of nitrogens with one attached hydrogen (secondary N) is 3. The summed E-state index contributed by atoms with van der Waals surface area (Å²) in [5, 5.41) is 14.2. The van der Waals surface area contributed by atoms with E-state index in [4.69, 9.17) is 15.8 Å². The van der Waals surface area contributed by atoms with Gasteiger partial charge in [-0.2, -0.15) is 0 Å². The zero-order valence-electron chi connectivity index (χ0n) is 22.9. The van der Waals surface area contributed by atoms with Crippen molar-refractivity contribution >= 4 is 40.4 Å². The van der Waals surface area contributed by atoms with E-state index in [1.54, 1.807) is 0 Å². The molecule has 2 fully saturated rings. The Labute approximate surface area is 237 Å². The van der Waals surface area contributed by atoms with E-state index in [-0.39, 0.29) is 23.5 Å². The van der Waals surface area contributed by atoms with Crippen LogP contribution in [-0.4, -0.2) is 80.7 Å². The molecule has 0 spiro atoms. The number of hydrogen-bond acceptors (Lipinski definition) is 10. The number of halogens is 1. The molecule has 0 radical (unpaired) electrons. The summed E-state index contributed by atoms with van der Waals surface area (Å²) >= 11 is 0. The number of aromatic nitrogens is 5. The van der Waals surface area contributed by atoms with Gasteiger partial charge in [-0.15, -0.1) is 5.10 Å². The molecule has 1 saturated heterocycles. The first-order valence-electron chi connectivity index (χ1n) is 13.9. The van der Waals surface area contributed by atoms with E-state index in [9.17, 15) is 9.18 Å². The number of rotatable bonds is 7. The Morgan fingerprint density at radius 2 is 1.83 bits per heavy atom. The van der Waals surface area contributed by atoms with Crippen molar-refractivity contribution in [3.63, 3.8) is 0 Å². The molecule has 1 aliphatic heterocycles. The van der Waals surface area contributed by atoms with Gasteiger partial charge in [0.15, 0.2) is 17.2 Å². The molecule has 12 nitrogen and oxygen atoms in total. The van der Waals surface area contributed by atoms with Gasteiger partial charge in [0.25, 0.3) is 5.91 Å². The Morgan fingerprint density at radius 3 is 2.61 bits per heavy atom. The summed E-state index contributed by atoms with van der Waals surface area (Å²) in [6.07, 6.45) is 7.61. The second-order valence-electron chi connectivity index (χ2n) is 10.7. The second-order valence-corrected chi connectivity index (χ2v) is 10.7. The van der Waals surface area contributed by atoms with E-state index in [0.717, 1.165) is 63.9 Å². The zero-order valence-corrected chi connectivity index (χ0v) is 22.9. The highest BCUT2D eigenvalue weighted by Gasteiger charge is 2.22. The molecule has 0 unspecified atom stereocenters. The number of carbonyl (C=O) groups is 1. The molecule has 2 aliphatic rings. The van der Waals surface area contributed by atoms with Crippen LogP contribution < -0.4 is 26.6 Å². The van der Waals surface area contributed by atoms with Crippen LogP contribution in [0.5, 0.6) is 0 Å². The zero-order chi connectivity index (χ0) is 28.3. The maximum atomic E-state index is 14.2. The van der Waals surface area contributed by atoms with Gasteiger partial charge in [0.2, 0.25) is 0 Å². The number of likely N-dealkylation sites (N-methyl/N-ethyl adjacent to an activating group) is 1. The van der Waals surface area contributed by atoms with Crippen LogP contribution in [0.2, 0.25) is 0 Å². The van der Waals surface area contributed by atoms with E-state index in [1.165, 1.54) is 23.0 Å². The fourth-order valence-electron chi connectivity index (χ4n) is 5.26. The molecule has 0 bridgehead atoms. The Hall–Kier alpha value is -4.36. The van der Waals surface area contributed by atoms with E-state index >= 15 is 0 Å². The lowest BCUT2D eigenvalue weighted by Crippen LogP contribution is -2.44. The molecule has 214 valence electrons. The highest BCUT2D eigenvalue weighted by molar-refractivity contribution is 6.03. The van der Waals surface area contributed by atoms with Crippen molar-refractivity contribution in [3.8, 4) is 0 Å². The molecule has 1 aliphatic carbocycles. The number of hydrogen-bond donors (Lipinski definition) is 4. The summed E-state index contributed by atoms with van der Waals surface area (Å²) in [7, 11) is 2.12. The van der Waals surface area contributed by atoms with Crippen LogP contribution in [0.4, 0.5) is 33.2 Å². The number of nitrogens with zero attached hydrogens (tertiary/aromatic N) is 7. The van der Waals surface area contributed by atoms with Crippen LogP contribution >= 0.6 is 0 Å². The van der Waals surface area contributed by atoms with Gasteiger partial charge >= 0.3 is 0 Å². The number of amides is 1. The molecule has 41 heavy (non-hydrogen) atoms. The SMILES string of the molecule is CN1CCN(c2cccc(Nc3cc(NC4CCC(N)CC4)nn4c(C(=O)Nc5ccncc5F)cnc34)n2)CC1. The summed E-state index contributed by atoms with van der Waals surface area (Å²) in [6.45, 7) is 3.77. The van der Waals surface area contributed by atoms with Crippen molar-refractivity contribution < 1.29 is 9.18 Å². The molecule has 6 rings (SSSR count). The second kappa shape index (κ2) is 11.6. The first-order chi connectivity index (χ1) is 19.9. The number of anilines is 5. The van der Waals surface area contributed by atoms with E-state index < -0.39 is 11.7 Å². The lowest BCUT2D eigenvalue weighted by Gasteiger charge is -2.33. The Bertz CT molecular complexity index is 1530. The van der Waals surface area contributed by atoms with Gasteiger partial charge in [-0.05, 0) is 50.9 Å². The Morgan fingerprint density at radius 1 is 1.02 bits per heavy atom. The third-order valence-corrected chi connectivity index (χ3v) is 7.67. The van der Waals surface area contributed by atoms with E-state index in [0.29, 0.717) is 23.0 Å². The first-order valence-corrected chi connectivity index (χ1v) is 13.9. The fraction of sp³-hybridized carbons (Fsp3) is 0.393. The molecule has 4 aromatic heterocycles. The highest BCUT2D eigenvalue weighted by Crippen LogP contribution is 2.28. The first kappa shape index (κ1) is 26.8. The molecule has 1 amide bonds. The lowest BCUT2D eigenvalue weighted by atomic mass is 9.92. The topological polar surface area (TPSA) is 142 Å². The van der Waals surface area contributed by atoms with E-state index in [1.807, 2.05) is 24.3 Å². The van der Waals surface area contributed by atoms with Crippen LogP contribution in [0.3, 0.4) is 0 Å². The molecule has 0 atom stereocenters. The minimum Gasteiger partial charge on any atom is -0.366 e. The summed E-state index contributed by atoms with van der Waals surface area (Å²) in [5.41, 5.74) is 7.36. The lowest BCUT2D eigenvalue weighted by molar-refractivity contribution is 0.102. The average Bonchev–Trinajstić information content (AvgIpc) is 3.41. The van der Waals surface area contributed by atoms with Crippen molar-refractivity contribution in [2.24, 2.45) is 5.73 Å². The van der Waals surface area contributed by atoms with Crippen LogP contribution in [0.1, 0.15) is 36.2 Å². The van der Waals surface area contributed by atoms with Crippen molar-refractivity contribution in [1.82, 2.24) is 29.5 Å². The third kappa shape index (κ3) is 6.05. The molecule has 1 saturated carbocycles. The largest absolute Gasteiger partial charge is 0.366 e. The van der Waals surface area contributed by atoms with Crippen LogP contribution in [0.15, 0.2) is 48.9 Å². The molecule has 5 N–H and O–H groups in total. The maximum absolute atomic E-state index is 14.2. The van der Waals surface area contributed by atoms with Crippen molar-refractivity contribution in [2.75, 3.05) is 54.1 Å². The van der Waals surface area contributed by atoms with Gasteiger partial charge in [0, 0.05) is 50.5 Å². The van der Waals surface area contributed by atoms with Crippen molar-refractivity contribution in [1.29, 1.82) is 0 Å². The van der Waals surface area contributed by atoms with Gasteiger partial charge in [0.1, 0.15) is 17.5 Å². The van der Waals surface area contributed by atoms with Crippen LogP contribution in [-0.2, 0) is 0 Å². The minimum atomic E-state index is -0.630.